The van der Waals surface area contributed by atoms with Gasteiger partial charge >= 0.3 is 0 Å². The highest BCUT2D eigenvalue weighted by Crippen LogP contribution is 2.29. The van der Waals surface area contributed by atoms with Gasteiger partial charge in [0, 0.05) is 27.7 Å². The Balaban J connectivity index is 1.73. The van der Waals surface area contributed by atoms with Crippen molar-refractivity contribution in [3.63, 3.8) is 0 Å². The predicted octanol–water partition coefficient (Wildman–Crippen LogP) is 4.49. The Morgan fingerprint density at radius 1 is 1.24 bits per heavy atom. The Kier molecular flexibility index (Phi) is 5.15. The van der Waals surface area contributed by atoms with E-state index in [1.165, 1.54) is 4.90 Å². The maximum Gasteiger partial charge on any atom is 0.281 e. The number of hydrogen-bond acceptors (Lipinski definition) is 3. The van der Waals surface area contributed by atoms with Crippen LogP contribution in [0.5, 0.6) is 0 Å². The number of carbonyl (C=O) groups excluding carboxylic acids is 2. The number of aliphatic imine (C=N–C) groups is 1. The van der Waals surface area contributed by atoms with Gasteiger partial charge in [0.1, 0.15) is 5.84 Å². The van der Waals surface area contributed by atoms with Crippen molar-refractivity contribution in [3.05, 3.63) is 93.1 Å². The number of fused-ring (bicyclic) bond motifs is 1. The minimum absolute atomic E-state index is 0.228. The number of nitrogens with zero attached hydrogens (tertiary/aromatic N) is 2. The lowest BCUT2D eigenvalue weighted by atomic mass is 9.98. The molecule has 1 unspecified atom stereocenters. The van der Waals surface area contributed by atoms with E-state index in [1.807, 2.05) is 43.3 Å². The lowest BCUT2D eigenvalue weighted by Crippen LogP contribution is -2.55. The minimum Gasteiger partial charge on any atom is -0.320 e. The number of carbonyl (C=O) groups is 2. The van der Waals surface area contributed by atoms with Crippen LogP contribution in [0.3, 0.4) is 0 Å². The van der Waals surface area contributed by atoms with E-state index in [9.17, 15) is 9.59 Å². The highest BCUT2D eigenvalue weighted by atomic mass is 79.9. The van der Waals surface area contributed by atoms with E-state index >= 15 is 0 Å². The highest BCUT2D eigenvalue weighted by molar-refractivity contribution is 9.10. The minimum atomic E-state index is -1.44. The molecule has 0 aliphatic carbocycles. The Morgan fingerprint density at radius 2 is 2.00 bits per heavy atom. The van der Waals surface area contributed by atoms with Crippen molar-refractivity contribution < 1.29 is 9.59 Å². The topological polar surface area (TPSA) is 61.8 Å². The molecule has 2 aliphatic heterocycles. The molecule has 1 N–H and O–H groups in total. The fourth-order valence-electron chi connectivity index (χ4n) is 3.32. The van der Waals surface area contributed by atoms with Crippen LogP contribution in [-0.2, 0) is 11.2 Å². The quantitative estimate of drug-likeness (QED) is 0.716. The monoisotopic (exact) mass is 469 g/mol. The van der Waals surface area contributed by atoms with Crippen LogP contribution in [0.4, 0.5) is 0 Å². The van der Waals surface area contributed by atoms with E-state index in [1.54, 1.807) is 30.5 Å². The Labute approximate surface area is 181 Å². The van der Waals surface area contributed by atoms with Crippen LogP contribution in [0, 0.1) is 0 Å². The summed E-state index contributed by atoms with van der Waals surface area (Å²) >= 11 is 9.44. The summed E-state index contributed by atoms with van der Waals surface area (Å²) < 4.78 is 0.932. The normalized spacial score (nSPS) is 20.2. The van der Waals surface area contributed by atoms with E-state index < -0.39 is 11.6 Å². The molecule has 7 heteroatoms. The fraction of sp³-hybridized carbons (Fsp3) is 0.136. The molecule has 0 aromatic heterocycles. The van der Waals surface area contributed by atoms with E-state index in [0.29, 0.717) is 16.4 Å². The molecule has 2 heterocycles. The SMILES string of the molecule is CC1=CC2=NC(Cc3ccc(Br)cc3)(NC(=O)c3cccc(Cl)c3)C(=O)N2C=C1. The molecule has 1 atom stereocenters. The van der Waals surface area contributed by atoms with Crippen molar-refractivity contribution in [2.24, 2.45) is 4.99 Å². The first-order valence-electron chi connectivity index (χ1n) is 8.99. The molecule has 0 spiro atoms. The molecule has 2 aliphatic rings. The number of halogens is 2. The van der Waals surface area contributed by atoms with Gasteiger partial charge in [0.25, 0.3) is 11.8 Å². The van der Waals surface area contributed by atoms with Crippen LogP contribution in [-0.4, -0.2) is 28.2 Å². The maximum atomic E-state index is 13.4. The second-order valence-electron chi connectivity index (χ2n) is 6.98. The maximum absolute atomic E-state index is 13.4. The van der Waals surface area contributed by atoms with Crippen molar-refractivity contribution in [1.29, 1.82) is 0 Å². The van der Waals surface area contributed by atoms with Gasteiger partial charge in [-0.1, -0.05) is 45.7 Å². The zero-order chi connectivity index (χ0) is 20.6. The number of benzene rings is 2. The van der Waals surface area contributed by atoms with Gasteiger partial charge < -0.3 is 5.32 Å². The number of hydrogen-bond donors (Lipinski definition) is 1. The molecule has 0 bridgehead atoms. The first-order valence-corrected chi connectivity index (χ1v) is 10.2. The van der Waals surface area contributed by atoms with Gasteiger partial charge in [0.2, 0.25) is 5.66 Å². The first kappa shape index (κ1) is 19.6. The van der Waals surface area contributed by atoms with Gasteiger partial charge in [-0.05, 0) is 60.5 Å². The lowest BCUT2D eigenvalue weighted by Gasteiger charge is -2.27. The van der Waals surface area contributed by atoms with Crippen molar-refractivity contribution in [2.75, 3.05) is 0 Å². The zero-order valence-electron chi connectivity index (χ0n) is 15.5. The highest BCUT2D eigenvalue weighted by Gasteiger charge is 2.49. The van der Waals surface area contributed by atoms with E-state index in [4.69, 9.17) is 11.6 Å². The summed E-state index contributed by atoms with van der Waals surface area (Å²) in [6, 6.07) is 14.2. The molecule has 0 fully saturated rings. The molecule has 0 saturated heterocycles. The third-order valence-corrected chi connectivity index (χ3v) is 5.51. The van der Waals surface area contributed by atoms with E-state index in [-0.39, 0.29) is 12.3 Å². The van der Waals surface area contributed by atoms with Crippen molar-refractivity contribution in [2.45, 2.75) is 19.0 Å². The Bertz CT molecular complexity index is 1090. The van der Waals surface area contributed by atoms with Crippen LogP contribution in [0.25, 0.3) is 0 Å². The van der Waals surface area contributed by atoms with Crippen molar-refractivity contribution in [1.82, 2.24) is 10.2 Å². The Hall–Kier alpha value is -2.70. The molecule has 146 valence electrons. The van der Waals surface area contributed by atoms with Gasteiger partial charge in [-0.3, -0.25) is 14.5 Å². The summed E-state index contributed by atoms with van der Waals surface area (Å²) in [4.78, 5) is 32.5. The van der Waals surface area contributed by atoms with Gasteiger partial charge in [-0.15, -0.1) is 0 Å². The van der Waals surface area contributed by atoms with Crippen LogP contribution in [0.2, 0.25) is 5.02 Å². The average Bonchev–Trinajstić information content (AvgIpc) is 2.94. The summed E-state index contributed by atoms with van der Waals surface area (Å²) in [6.07, 6.45) is 5.58. The molecule has 4 rings (SSSR count). The number of allylic oxidation sites excluding steroid dienone is 2. The molecule has 2 amide bonds. The first-order chi connectivity index (χ1) is 13.9. The van der Waals surface area contributed by atoms with Gasteiger partial charge in [-0.25, -0.2) is 4.99 Å². The second-order valence-corrected chi connectivity index (χ2v) is 8.33. The van der Waals surface area contributed by atoms with E-state index in [2.05, 4.69) is 26.2 Å². The summed E-state index contributed by atoms with van der Waals surface area (Å²) in [5.41, 5.74) is 0.789. The van der Waals surface area contributed by atoms with Gasteiger partial charge in [0.15, 0.2) is 0 Å². The third-order valence-electron chi connectivity index (χ3n) is 4.75. The number of amidine groups is 1. The largest absolute Gasteiger partial charge is 0.320 e. The molecule has 2 aromatic rings. The predicted molar refractivity (Wildman–Crippen MR) is 117 cm³/mol. The molecule has 2 aromatic carbocycles. The van der Waals surface area contributed by atoms with Crippen LogP contribution < -0.4 is 5.32 Å². The molecule has 29 heavy (non-hydrogen) atoms. The Morgan fingerprint density at radius 3 is 2.72 bits per heavy atom. The van der Waals surface area contributed by atoms with Crippen LogP contribution in [0.1, 0.15) is 22.8 Å². The molecule has 0 saturated carbocycles. The van der Waals surface area contributed by atoms with Crippen molar-refractivity contribution in [3.8, 4) is 0 Å². The van der Waals surface area contributed by atoms with Gasteiger partial charge in [-0.2, -0.15) is 0 Å². The number of nitrogens with one attached hydrogen (secondary N) is 1. The van der Waals surface area contributed by atoms with Crippen LogP contribution >= 0.6 is 27.5 Å². The second kappa shape index (κ2) is 7.61. The van der Waals surface area contributed by atoms with Crippen molar-refractivity contribution >= 4 is 45.2 Å². The number of rotatable bonds is 4. The summed E-state index contributed by atoms with van der Waals surface area (Å²) in [5, 5.41) is 3.32. The molecular weight excluding hydrogens is 454 g/mol. The smallest absolute Gasteiger partial charge is 0.281 e. The summed E-state index contributed by atoms with van der Waals surface area (Å²) in [5.74, 6) is -0.198. The summed E-state index contributed by atoms with van der Waals surface area (Å²) in [6.45, 7) is 1.93. The molecule has 0 radical (unpaired) electrons. The van der Waals surface area contributed by atoms with E-state index in [0.717, 1.165) is 15.6 Å². The average molecular weight is 471 g/mol. The number of amides is 2. The summed E-state index contributed by atoms with van der Waals surface area (Å²) in [7, 11) is 0. The fourth-order valence-corrected chi connectivity index (χ4v) is 3.77. The molecular formula is C22H17BrClN3O2. The third kappa shape index (κ3) is 3.91. The lowest BCUT2D eigenvalue weighted by molar-refractivity contribution is -0.130. The molecule has 5 nitrogen and oxygen atoms in total. The zero-order valence-corrected chi connectivity index (χ0v) is 17.9. The van der Waals surface area contributed by atoms with Gasteiger partial charge in [0.05, 0.1) is 0 Å². The van der Waals surface area contributed by atoms with Crippen LogP contribution in [0.15, 0.2) is 81.9 Å². The standard InChI is InChI=1S/C22H17BrClN3O2/c1-14-9-10-27-19(11-14)25-22(21(27)29,13-15-5-7-17(23)8-6-15)26-20(28)16-3-2-4-18(24)12-16/h2-12H,13H2,1H3,(H,26,28).